The van der Waals surface area contributed by atoms with Crippen molar-refractivity contribution in [3.8, 4) is 5.75 Å². The van der Waals surface area contributed by atoms with Crippen molar-refractivity contribution >= 4 is 23.4 Å². The highest BCUT2D eigenvalue weighted by Crippen LogP contribution is 2.09. The van der Waals surface area contributed by atoms with E-state index in [1.807, 2.05) is 42.5 Å². The third kappa shape index (κ3) is 6.71. The number of para-hydroxylation sites is 1. The fraction of sp³-hybridized carbons (Fsp3) is 0.222. The second kappa shape index (κ2) is 9.57. The molecule has 126 valence electrons. The van der Waals surface area contributed by atoms with Crippen molar-refractivity contribution in [2.24, 2.45) is 0 Å². The lowest BCUT2D eigenvalue weighted by atomic mass is 10.2. The molecule has 0 aliphatic carbocycles. The van der Waals surface area contributed by atoms with Crippen LogP contribution in [0.2, 0.25) is 5.02 Å². The van der Waals surface area contributed by atoms with E-state index in [9.17, 15) is 9.59 Å². The quantitative estimate of drug-likeness (QED) is 0.772. The highest BCUT2D eigenvalue weighted by atomic mass is 35.5. The summed E-state index contributed by atoms with van der Waals surface area (Å²) in [7, 11) is 0. The number of halogens is 1. The van der Waals surface area contributed by atoms with E-state index in [0.29, 0.717) is 17.3 Å². The Morgan fingerprint density at radius 3 is 2.33 bits per heavy atom. The molecule has 0 unspecified atom stereocenters. The molecule has 0 atom stereocenters. The third-order valence-electron chi connectivity index (χ3n) is 3.19. The van der Waals surface area contributed by atoms with Crippen LogP contribution in [0.15, 0.2) is 54.6 Å². The molecule has 0 spiro atoms. The van der Waals surface area contributed by atoms with Gasteiger partial charge >= 0.3 is 0 Å². The van der Waals surface area contributed by atoms with Crippen molar-refractivity contribution in [3.05, 3.63) is 65.2 Å². The first kappa shape index (κ1) is 17.8. The highest BCUT2D eigenvalue weighted by Gasteiger charge is 2.06. The summed E-state index contributed by atoms with van der Waals surface area (Å²) in [4.78, 5) is 23.4. The Morgan fingerprint density at radius 2 is 1.62 bits per heavy atom. The van der Waals surface area contributed by atoms with Gasteiger partial charge in [0.1, 0.15) is 5.75 Å². The Balaban J connectivity index is 1.59. The molecule has 2 N–H and O–H groups in total. The zero-order chi connectivity index (χ0) is 17.2. The third-order valence-corrected chi connectivity index (χ3v) is 3.44. The maximum atomic E-state index is 11.7. The first-order valence-corrected chi connectivity index (χ1v) is 7.97. The molecule has 0 fully saturated rings. The van der Waals surface area contributed by atoms with Crippen molar-refractivity contribution in [2.75, 3.05) is 13.2 Å². The van der Waals surface area contributed by atoms with Crippen molar-refractivity contribution in [2.45, 2.75) is 13.0 Å². The van der Waals surface area contributed by atoms with Gasteiger partial charge in [0.2, 0.25) is 11.8 Å². The summed E-state index contributed by atoms with van der Waals surface area (Å²) < 4.78 is 5.43. The lowest BCUT2D eigenvalue weighted by Crippen LogP contribution is -2.37. The van der Waals surface area contributed by atoms with Crippen LogP contribution in [0.25, 0.3) is 0 Å². The molecule has 2 amide bonds. The Labute approximate surface area is 146 Å². The molecule has 5 nitrogen and oxygen atoms in total. The number of amides is 2. The molecule has 0 aromatic heterocycles. The predicted octanol–water partition coefficient (Wildman–Crippen LogP) is 2.54. The molecule has 0 aliphatic heterocycles. The van der Waals surface area contributed by atoms with Crippen LogP contribution in [-0.2, 0) is 16.1 Å². The molecule has 0 aliphatic rings. The molecule has 6 heteroatoms. The van der Waals surface area contributed by atoms with Gasteiger partial charge in [-0.2, -0.15) is 0 Å². The number of ether oxygens (including phenoxy) is 1. The number of benzene rings is 2. The van der Waals surface area contributed by atoms with Gasteiger partial charge in [0.05, 0.1) is 19.6 Å². The summed E-state index contributed by atoms with van der Waals surface area (Å²) in [6.45, 7) is 0.600. The number of rotatable bonds is 8. The van der Waals surface area contributed by atoms with Crippen LogP contribution >= 0.6 is 11.6 Å². The van der Waals surface area contributed by atoms with E-state index in [2.05, 4.69) is 10.6 Å². The Bertz CT molecular complexity index is 660. The van der Waals surface area contributed by atoms with Crippen LogP contribution in [0.5, 0.6) is 5.75 Å². The van der Waals surface area contributed by atoms with Crippen LogP contribution in [0.3, 0.4) is 0 Å². The minimum Gasteiger partial charge on any atom is -0.493 e. The number of carbonyl (C=O) groups is 2. The maximum absolute atomic E-state index is 11.7. The van der Waals surface area contributed by atoms with Gasteiger partial charge in [-0.15, -0.1) is 0 Å². The van der Waals surface area contributed by atoms with Gasteiger partial charge < -0.3 is 15.4 Å². The number of hydrogen-bond donors (Lipinski definition) is 2. The van der Waals surface area contributed by atoms with Crippen LogP contribution in [-0.4, -0.2) is 25.0 Å². The molecule has 0 bridgehead atoms. The van der Waals surface area contributed by atoms with E-state index in [1.54, 1.807) is 12.1 Å². The molecule has 2 aromatic rings. The van der Waals surface area contributed by atoms with E-state index in [4.69, 9.17) is 16.3 Å². The van der Waals surface area contributed by atoms with Crippen molar-refractivity contribution in [1.82, 2.24) is 10.6 Å². The van der Waals surface area contributed by atoms with Gasteiger partial charge in [-0.3, -0.25) is 9.59 Å². The topological polar surface area (TPSA) is 67.4 Å². The molecular weight excluding hydrogens is 328 g/mol. The second-order valence-electron chi connectivity index (χ2n) is 5.09. The number of carbonyl (C=O) groups excluding carboxylic acids is 2. The molecule has 2 rings (SSSR count). The fourth-order valence-electron chi connectivity index (χ4n) is 1.91. The summed E-state index contributed by atoms with van der Waals surface area (Å²) in [5.74, 6) is 0.237. The average Bonchev–Trinajstić information content (AvgIpc) is 2.60. The Kier molecular flexibility index (Phi) is 7.11. The summed E-state index contributed by atoms with van der Waals surface area (Å²) in [6.07, 6.45) is 0.194. The van der Waals surface area contributed by atoms with Gasteiger partial charge in [-0.1, -0.05) is 41.9 Å². The zero-order valence-electron chi connectivity index (χ0n) is 13.1. The summed E-state index contributed by atoms with van der Waals surface area (Å²) in [5, 5.41) is 5.94. The summed E-state index contributed by atoms with van der Waals surface area (Å²) in [6, 6.07) is 16.5. The Morgan fingerprint density at radius 1 is 0.917 bits per heavy atom. The number of nitrogens with one attached hydrogen (secondary N) is 2. The van der Waals surface area contributed by atoms with Gasteiger partial charge in [0.15, 0.2) is 0 Å². The first-order chi connectivity index (χ1) is 11.6. The molecule has 24 heavy (non-hydrogen) atoms. The maximum Gasteiger partial charge on any atom is 0.239 e. The molecule has 0 saturated heterocycles. The van der Waals surface area contributed by atoms with Crippen molar-refractivity contribution < 1.29 is 14.3 Å². The van der Waals surface area contributed by atoms with Crippen LogP contribution in [0.4, 0.5) is 0 Å². The standard InChI is InChI=1S/C18H19ClN2O3/c19-15-8-6-14(7-9-15)12-20-18(23)13-21-17(22)10-11-24-16-4-2-1-3-5-16/h1-9H,10-13H2,(H,20,23)(H,21,22). The van der Waals surface area contributed by atoms with E-state index >= 15 is 0 Å². The Hall–Kier alpha value is -2.53. The van der Waals surface area contributed by atoms with Crippen LogP contribution < -0.4 is 15.4 Å². The first-order valence-electron chi connectivity index (χ1n) is 7.59. The molecule has 0 heterocycles. The largest absolute Gasteiger partial charge is 0.493 e. The highest BCUT2D eigenvalue weighted by molar-refractivity contribution is 6.30. The lowest BCUT2D eigenvalue weighted by molar-refractivity contribution is -0.126. The monoisotopic (exact) mass is 346 g/mol. The number of hydrogen-bond acceptors (Lipinski definition) is 3. The van der Waals surface area contributed by atoms with E-state index in [-0.39, 0.29) is 31.4 Å². The van der Waals surface area contributed by atoms with Gasteiger partial charge in [0.25, 0.3) is 0 Å². The minimum atomic E-state index is -0.248. The molecular formula is C18H19ClN2O3. The minimum absolute atomic E-state index is 0.0578. The van der Waals surface area contributed by atoms with Gasteiger partial charge in [-0.05, 0) is 29.8 Å². The molecule has 0 saturated carbocycles. The normalized spacial score (nSPS) is 10.0. The molecule has 2 aromatic carbocycles. The van der Waals surface area contributed by atoms with Gasteiger partial charge in [-0.25, -0.2) is 0 Å². The van der Waals surface area contributed by atoms with Gasteiger partial charge in [0, 0.05) is 11.6 Å². The smallest absolute Gasteiger partial charge is 0.239 e. The SMILES string of the molecule is O=C(CCOc1ccccc1)NCC(=O)NCc1ccc(Cl)cc1. The zero-order valence-corrected chi connectivity index (χ0v) is 13.9. The lowest BCUT2D eigenvalue weighted by Gasteiger charge is -2.08. The van der Waals surface area contributed by atoms with Crippen LogP contribution in [0, 0.1) is 0 Å². The average molecular weight is 347 g/mol. The van der Waals surface area contributed by atoms with Crippen molar-refractivity contribution in [1.29, 1.82) is 0 Å². The summed E-state index contributed by atoms with van der Waals surface area (Å²) in [5.41, 5.74) is 0.940. The second-order valence-corrected chi connectivity index (χ2v) is 5.53. The van der Waals surface area contributed by atoms with Crippen molar-refractivity contribution in [3.63, 3.8) is 0 Å². The van der Waals surface area contributed by atoms with Crippen LogP contribution in [0.1, 0.15) is 12.0 Å². The van der Waals surface area contributed by atoms with E-state index in [0.717, 1.165) is 5.56 Å². The fourth-order valence-corrected chi connectivity index (χ4v) is 2.04. The molecule has 0 radical (unpaired) electrons. The predicted molar refractivity (Wildman–Crippen MR) is 92.9 cm³/mol. The van der Waals surface area contributed by atoms with E-state index < -0.39 is 0 Å². The van der Waals surface area contributed by atoms with E-state index in [1.165, 1.54) is 0 Å². The summed E-state index contributed by atoms with van der Waals surface area (Å²) >= 11 is 5.79.